The van der Waals surface area contributed by atoms with E-state index in [2.05, 4.69) is 41.9 Å². The van der Waals surface area contributed by atoms with Crippen molar-refractivity contribution in [3.05, 3.63) is 41.5 Å². The molecule has 190 valence electrons. The summed E-state index contributed by atoms with van der Waals surface area (Å²) in [5.74, 6) is 3.21. The minimum absolute atomic E-state index is 0.318. The van der Waals surface area contributed by atoms with Gasteiger partial charge in [-0.15, -0.1) is 0 Å². The first-order valence-electron chi connectivity index (χ1n) is 13.5. The summed E-state index contributed by atoms with van der Waals surface area (Å²) < 4.78 is 13.0. The number of methoxy groups -OCH3 is 1. The van der Waals surface area contributed by atoms with Crippen molar-refractivity contribution >= 4 is 16.7 Å². The molecule has 2 aliphatic rings. The van der Waals surface area contributed by atoms with E-state index >= 15 is 0 Å². The fraction of sp³-hybridized carbons (Fsp3) is 0.552. The Morgan fingerprint density at radius 3 is 2.69 bits per heavy atom. The molecular weight excluding hydrogens is 450 g/mol. The lowest BCUT2D eigenvalue weighted by Crippen LogP contribution is -2.18. The van der Waals surface area contributed by atoms with Crippen molar-refractivity contribution in [2.24, 2.45) is 11.8 Å². The van der Waals surface area contributed by atoms with Crippen LogP contribution in [0.15, 0.2) is 24.7 Å². The van der Waals surface area contributed by atoms with Gasteiger partial charge in [0.05, 0.1) is 23.8 Å². The van der Waals surface area contributed by atoms with E-state index in [4.69, 9.17) is 14.5 Å². The smallest absolute Gasteiger partial charge is 0.197 e. The Labute approximate surface area is 212 Å². The molecule has 7 nitrogen and oxygen atoms in total. The van der Waals surface area contributed by atoms with Crippen LogP contribution in [-0.4, -0.2) is 44.9 Å². The second-order valence-electron chi connectivity index (χ2n) is 11.2. The molecule has 1 saturated heterocycles. The van der Waals surface area contributed by atoms with E-state index in [1.807, 2.05) is 12.3 Å². The third kappa shape index (κ3) is 4.17. The first-order valence-corrected chi connectivity index (χ1v) is 13.5. The average Bonchev–Trinajstić information content (AvgIpc) is 3.63. The SMILES string of the molecule is COc1cc(-c2[nH]c3cc(C)c(C4CCC(CC5CCOC5)CC4)nc3c2C(C)C)cn2ncnc12. The van der Waals surface area contributed by atoms with Crippen LogP contribution in [0.5, 0.6) is 5.75 Å². The number of hydrogen-bond acceptors (Lipinski definition) is 5. The van der Waals surface area contributed by atoms with Gasteiger partial charge in [-0.05, 0) is 80.9 Å². The number of H-pyrrole nitrogens is 1. The Bertz CT molecular complexity index is 1370. The van der Waals surface area contributed by atoms with Crippen LogP contribution in [0.3, 0.4) is 0 Å². The van der Waals surface area contributed by atoms with Crippen molar-refractivity contribution in [2.75, 3.05) is 20.3 Å². The molecule has 2 fully saturated rings. The monoisotopic (exact) mass is 487 g/mol. The summed E-state index contributed by atoms with van der Waals surface area (Å²) in [6, 6.07) is 4.35. The minimum Gasteiger partial charge on any atom is -0.493 e. The summed E-state index contributed by atoms with van der Waals surface area (Å²) in [5, 5.41) is 4.36. The van der Waals surface area contributed by atoms with E-state index in [-0.39, 0.29) is 0 Å². The number of aryl methyl sites for hydroxylation is 1. The zero-order valence-corrected chi connectivity index (χ0v) is 21.9. The van der Waals surface area contributed by atoms with Gasteiger partial charge >= 0.3 is 0 Å². The molecule has 1 atom stereocenters. The quantitative estimate of drug-likeness (QED) is 0.340. The second kappa shape index (κ2) is 9.51. The number of fused-ring (bicyclic) bond motifs is 2. The summed E-state index contributed by atoms with van der Waals surface area (Å²) in [6.45, 7) is 8.65. The van der Waals surface area contributed by atoms with Crippen LogP contribution in [0.2, 0.25) is 0 Å². The van der Waals surface area contributed by atoms with Gasteiger partial charge in [-0.1, -0.05) is 13.8 Å². The standard InChI is InChI=1S/C29H37N5O2/c1-17(2)25-27(22-13-24(35-4)29-30-16-31-34(29)14-22)32-23-11-18(3)26(33-28(23)25)21-7-5-19(6-8-21)12-20-9-10-36-15-20/h11,13-14,16-17,19-21,32H,5-10,12,15H2,1-4H3. The lowest BCUT2D eigenvalue weighted by Gasteiger charge is -2.30. The molecule has 1 aliphatic carbocycles. The van der Waals surface area contributed by atoms with Crippen molar-refractivity contribution in [3.8, 4) is 17.0 Å². The Hall–Kier alpha value is -2.93. The molecule has 1 unspecified atom stereocenters. The van der Waals surface area contributed by atoms with E-state index in [9.17, 15) is 0 Å². The van der Waals surface area contributed by atoms with Crippen LogP contribution in [0.1, 0.15) is 81.0 Å². The Morgan fingerprint density at radius 2 is 1.97 bits per heavy atom. The first-order chi connectivity index (χ1) is 17.5. The van der Waals surface area contributed by atoms with Crippen molar-refractivity contribution in [1.82, 2.24) is 24.6 Å². The molecule has 0 spiro atoms. The molecule has 4 aromatic rings. The maximum absolute atomic E-state index is 5.63. The first kappa shape index (κ1) is 23.5. The van der Waals surface area contributed by atoms with E-state index < -0.39 is 0 Å². The van der Waals surface area contributed by atoms with Crippen molar-refractivity contribution < 1.29 is 9.47 Å². The maximum atomic E-state index is 5.63. The Kier molecular flexibility index (Phi) is 6.20. The van der Waals surface area contributed by atoms with E-state index in [0.29, 0.717) is 17.6 Å². The molecule has 1 N–H and O–H groups in total. The normalized spacial score (nSPS) is 22.8. The van der Waals surface area contributed by atoms with Crippen LogP contribution >= 0.6 is 0 Å². The van der Waals surface area contributed by atoms with Gasteiger partial charge in [-0.25, -0.2) is 9.50 Å². The molecule has 0 amide bonds. The highest BCUT2D eigenvalue weighted by Crippen LogP contribution is 2.42. The van der Waals surface area contributed by atoms with Crippen molar-refractivity contribution in [1.29, 1.82) is 0 Å². The molecule has 36 heavy (non-hydrogen) atoms. The summed E-state index contributed by atoms with van der Waals surface area (Å²) in [7, 11) is 1.68. The highest BCUT2D eigenvalue weighted by atomic mass is 16.5. The zero-order chi connectivity index (χ0) is 24.8. The molecule has 1 aliphatic heterocycles. The summed E-state index contributed by atoms with van der Waals surface area (Å²) in [4.78, 5) is 13.4. The number of ether oxygens (including phenoxy) is 2. The second-order valence-corrected chi connectivity index (χ2v) is 11.2. The van der Waals surface area contributed by atoms with Gasteiger partial charge in [0.15, 0.2) is 11.4 Å². The average molecular weight is 488 g/mol. The van der Waals surface area contributed by atoms with E-state index in [1.165, 1.54) is 55.3 Å². The number of nitrogens with zero attached hydrogens (tertiary/aromatic N) is 4. The third-order valence-electron chi connectivity index (χ3n) is 8.39. The van der Waals surface area contributed by atoms with Crippen LogP contribution in [0.4, 0.5) is 0 Å². The van der Waals surface area contributed by atoms with Crippen molar-refractivity contribution in [3.63, 3.8) is 0 Å². The van der Waals surface area contributed by atoms with E-state index in [0.717, 1.165) is 53.0 Å². The van der Waals surface area contributed by atoms with Gasteiger partial charge in [0.1, 0.15) is 6.33 Å². The number of hydrogen-bond donors (Lipinski definition) is 1. The highest BCUT2D eigenvalue weighted by Gasteiger charge is 2.29. The topological polar surface area (TPSA) is 77.3 Å². The van der Waals surface area contributed by atoms with Crippen LogP contribution in [0, 0.1) is 18.8 Å². The van der Waals surface area contributed by atoms with Gasteiger partial charge in [0, 0.05) is 42.1 Å². The van der Waals surface area contributed by atoms with Crippen LogP contribution < -0.4 is 4.74 Å². The summed E-state index contributed by atoms with van der Waals surface area (Å²) in [6.07, 6.45) is 11.3. The fourth-order valence-corrected chi connectivity index (χ4v) is 6.55. The fourth-order valence-electron chi connectivity index (χ4n) is 6.55. The molecule has 6 rings (SSSR count). The summed E-state index contributed by atoms with van der Waals surface area (Å²) in [5.41, 5.74) is 8.87. The highest BCUT2D eigenvalue weighted by molar-refractivity contribution is 5.89. The number of nitrogens with one attached hydrogen (secondary N) is 1. The molecular formula is C29H37N5O2. The molecule has 0 radical (unpaired) electrons. The van der Waals surface area contributed by atoms with E-state index in [1.54, 1.807) is 18.0 Å². The number of pyridine rings is 2. The molecule has 0 aromatic carbocycles. The molecule has 4 aromatic heterocycles. The number of aromatic amines is 1. The maximum Gasteiger partial charge on any atom is 0.197 e. The van der Waals surface area contributed by atoms with Gasteiger partial charge in [0.25, 0.3) is 0 Å². The predicted molar refractivity (Wildman–Crippen MR) is 142 cm³/mol. The molecule has 5 heterocycles. The minimum atomic E-state index is 0.318. The van der Waals surface area contributed by atoms with Gasteiger partial charge in [0.2, 0.25) is 0 Å². The van der Waals surface area contributed by atoms with Gasteiger partial charge < -0.3 is 14.5 Å². The lowest BCUT2D eigenvalue weighted by molar-refractivity contribution is 0.174. The predicted octanol–water partition coefficient (Wildman–Crippen LogP) is 6.41. The van der Waals surface area contributed by atoms with Crippen molar-refractivity contribution in [2.45, 2.75) is 71.1 Å². The summed E-state index contributed by atoms with van der Waals surface area (Å²) >= 11 is 0. The lowest BCUT2D eigenvalue weighted by atomic mass is 9.76. The zero-order valence-electron chi connectivity index (χ0n) is 21.9. The number of aromatic nitrogens is 5. The van der Waals surface area contributed by atoms with Crippen LogP contribution in [0.25, 0.3) is 27.9 Å². The molecule has 1 saturated carbocycles. The Balaban J connectivity index is 1.34. The van der Waals surface area contributed by atoms with Gasteiger partial charge in [-0.3, -0.25) is 4.98 Å². The Morgan fingerprint density at radius 1 is 1.14 bits per heavy atom. The third-order valence-corrected chi connectivity index (χ3v) is 8.39. The largest absolute Gasteiger partial charge is 0.493 e. The molecule has 7 heteroatoms. The van der Waals surface area contributed by atoms with Crippen LogP contribution in [-0.2, 0) is 4.74 Å². The van der Waals surface area contributed by atoms with Gasteiger partial charge in [-0.2, -0.15) is 5.10 Å². The number of rotatable bonds is 6. The molecule has 0 bridgehead atoms.